The number of pyridine rings is 1. The van der Waals surface area contributed by atoms with Gasteiger partial charge in [0.25, 0.3) is 10.1 Å². The molecule has 0 aliphatic heterocycles. The Bertz CT molecular complexity index is 957. The highest BCUT2D eigenvalue weighted by Crippen LogP contribution is 2.32. The second-order valence-corrected chi connectivity index (χ2v) is 6.88. The summed E-state index contributed by atoms with van der Waals surface area (Å²) in [6.07, 6.45) is 1.39. The van der Waals surface area contributed by atoms with Gasteiger partial charge in [-0.3, -0.25) is 9.28 Å². The zero-order chi connectivity index (χ0) is 16.6. The number of H-pyrrole nitrogens is 1. The van der Waals surface area contributed by atoms with E-state index in [-0.39, 0.29) is 10.8 Å². The van der Waals surface area contributed by atoms with E-state index >= 15 is 0 Å². The second-order valence-electron chi connectivity index (χ2n) is 4.90. The number of nitrogens with zero attached hydrogens (tertiary/aromatic N) is 2. The first-order chi connectivity index (χ1) is 10.8. The number of benzene rings is 1. The molecule has 0 saturated carbocycles. The third-order valence-electron chi connectivity index (χ3n) is 3.12. The normalized spacial score (nSPS) is 13.3. The zero-order valence-corrected chi connectivity index (χ0v) is 13.4. The molecule has 1 unspecified atom stereocenters. The van der Waals surface area contributed by atoms with Gasteiger partial charge in [0.1, 0.15) is 22.8 Å². The summed E-state index contributed by atoms with van der Waals surface area (Å²) < 4.78 is 41.6. The molecular weight excluding hydrogens is 345 g/mol. The smallest absolute Gasteiger partial charge is 0.265 e. The number of fused-ring (bicyclic) bond motifs is 1. The number of aromatic amines is 1. The van der Waals surface area contributed by atoms with Gasteiger partial charge in [-0.05, 0) is 23.8 Å². The van der Waals surface area contributed by atoms with Crippen molar-refractivity contribution in [2.24, 2.45) is 0 Å². The predicted octanol–water partition coefficient (Wildman–Crippen LogP) is 2.82. The number of hydrogen-bond acceptors (Lipinski definition) is 5. The predicted molar refractivity (Wildman–Crippen MR) is 83.1 cm³/mol. The summed E-state index contributed by atoms with van der Waals surface area (Å²) in [6.45, 7) is 0. The zero-order valence-electron chi connectivity index (χ0n) is 11.8. The van der Waals surface area contributed by atoms with Crippen LogP contribution >= 0.6 is 11.6 Å². The van der Waals surface area contributed by atoms with E-state index in [4.69, 9.17) is 15.8 Å². The molecule has 2 heterocycles. The fourth-order valence-corrected chi connectivity index (χ4v) is 2.96. The van der Waals surface area contributed by atoms with Crippen LogP contribution in [0.5, 0.6) is 0 Å². The van der Waals surface area contributed by atoms with Crippen LogP contribution < -0.4 is 0 Å². The third kappa shape index (κ3) is 3.49. The van der Waals surface area contributed by atoms with Gasteiger partial charge in [-0.25, -0.2) is 9.37 Å². The lowest BCUT2D eigenvalue weighted by atomic mass is 10.0. The van der Waals surface area contributed by atoms with Crippen molar-refractivity contribution in [1.29, 1.82) is 0 Å². The Kier molecular flexibility index (Phi) is 4.05. The molecule has 1 N–H and O–H groups in total. The molecule has 120 valence electrons. The lowest BCUT2D eigenvalue weighted by Crippen LogP contribution is -2.14. The van der Waals surface area contributed by atoms with Gasteiger partial charge in [0.05, 0.1) is 18.0 Å². The van der Waals surface area contributed by atoms with Crippen LogP contribution in [0.4, 0.5) is 4.39 Å². The Balaban J connectivity index is 2.21. The first-order valence-electron chi connectivity index (χ1n) is 6.47. The summed E-state index contributed by atoms with van der Waals surface area (Å²) in [4.78, 5) is 4.17. The van der Waals surface area contributed by atoms with E-state index in [0.29, 0.717) is 16.5 Å². The molecule has 0 amide bonds. The number of hydrogen-bond donors (Lipinski definition) is 1. The molecule has 0 spiro atoms. The van der Waals surface area contributed by atoms with Crippen molar-refractivity contribution in [3.05, 3.63) is 58.8 Å². The van der Waals surface area contributed by atoms with E-state index in [1.165, 1.54) is 30.5 Å². The molecule has 0 aliphatic carbocycles. The second kappa shape index (κ2) is 5.88. The highest BCUT2D eigenvalue weighted by Gasteiger charge is 2.25. The van der Waals surface area contributed by atoms with Crippen LogP contribution in [0.2, 0.25) is 5.15 Å². The summed E-state index contributed by atoms with van der Waals surface area (Å²) in [6, 6.07) is 6.86. The van der Waals surface area contributed by atoms with Crippen molar-refractivity contribution in [2.75, 3.05) is 6.26 Å². The van der Waals surface area contributed by atoms with E-state index in [1.54, 1.807) is 6.07 Å². The van der Waals surface area contributed by atoms with Gasteiger partial charge in [0.2, 0.25) is 0 Å². The molecule has 3 aromatic rings. The molecule has 2 aromatic heterocycles. The largest absolute Gasteiger partial charge is 0.276 e. The fraction of sp³-hybridized carbons (Fsp3) is 0.143. The summed E-state index contributed by atoms with van der Waals surface area (Å²) in [7, 11) is -3.81. The Morgan fingerprint density at radius 1 is 1.30 bits per heavy atom. The number of halogens is 2. The molecule has 0 radical (unpaired) electrons. The van der Waals surface area contributed by atoms with E-state index in [1.807, 2.05) is 0 Å². The molecular formula is C14H11ClFN3O3S. The average Bonchev–Trinajstić information content (AvgIpc) is 2.92. The highest BCUT2D eigenvalue weighted by molar-refractivity contribution is 7.86. The van der Waals surface area contributed by atoms with E-state index in [9.17, 15) is 12.8 Å². The minimum absolute atomic E-state index is 0.165. The SMILES string of the molecule is CS(=O)(=O)OC(c1ccc(F)cc1)c1nc(Cl)cc2cn[nH]c12. The molecule has 1 aromatic carbocycles. The van der Waals surface area contributed by atoms with E-state index in [2.05, 4.69) is 15.2 Å². The van der Waals surface area contributed by atoms with Crippen LogP contribution in [0.1, 0.15) is 17.4 Å². The van der Waals surface area contributed by atoms with Crippen LogP contribution in [-0.4, -0.2) is 29.9 Å². The molecule has 0 fully saturated rings. The van der Waals surface area contributed by atoms with E-state index < -0.39 is 22.0 Å². The van der Waals surface area contributed by atoms with Crippen molar-refractivity contribution < 1.29 is 17.0 Å². The Morgan fingerprint density at radius 2 is 2.00 bits per heavy atom. The summed E-state index contributed by atoms with van der Waals surface area (Å²) in [5.74, 6) is -0.447. The minimum Gasteiger partial charge on any atom is -0.276 e. The van der Waals surface area contributed by atoms with Crippen LogP contribution in [0.3, 0.4) is 0 Å². The summed E-state index contributed by atoms with van der Waals surface area (Å²) >= 11 is 5.99. The first kappa shape index (κ1) is 15.9. The monoisotopic (exact) mass is 355 g/mol. The minimum atomic E-state index is -3.81. The van der Waals surface area contributed by atoms with Gasteiger partial charge in [-0.2, -0.15) is 13.5 Å². The van der Waals surface area contributed by atoms with Crippen molar-refractivity contribution in [2.45, 2.75) is 6.10 Å². The fourth-order valence-electron chi connectivity index (χ4n) is 2.20. The average molecular weight is 356 g/mol. The molecule has 0 bridgehead atoms. The van der Waals surface area contributed by atoms with Gasteiger partial charge < -0.3 is 0 Å². The lowest BCUT2D eigenvalue weighted by Gasteiger charge is -2.17. The molecule has 0 saturated heterocycles. The Morgan fingerprint density at radius 3 is 2.65 bits per heavy atom. The van der Waals surface area contributed by atoms with Gasteiger partial charge in [-0.15, -0.1) is 0 Å². The molecule has 0 aliphatic rings. The Hall–Kier alpha value is -2.03. The molecule has 6 nitrogen and oxygen atoms in total. The van der Waals surface area contributed by atoms with Crippen molar-refractivity contribution in [1.82, 2.24) is 15.2 Å². The third-order valence-corrected chi connectivity index (χ3v) is 3.85. The highest BCUT2D eigenvalue weighted by atomic mass is 35.5. The van der Waals surface area contributed by atoms with Crippen LogP contribution in [0.15, 0.2) is 36.5 Å². The maximum Gasteiger partial charge on any atom is 0.265 e. The van der Waals surface area contributed by atoms with Gasteiger partial charge in [-0.1, -0.05) is 23.7 Å². The van der Waals surface area contributed by atoms with E-state index in [0.717, 1.165) is 6.26 Å². The Labute approximate surface area is 136 Å². The molecule has 1 atom stereocenters. The number of nitrogens with one attached hydrogen (secondary N) is 1. The topological polar surface area (TPSA) is 84.9 Å². The maximum absolute atomic E-state index is 13.1. The van der Waals surface area contributed by atoms with Gasteiger partial charge >= 0.3 is 0 Å². The summed E-state index contributed by atoms with van der Waals surface area (Å²) in [5, 5.41) is 7.47. The molecule has 9 heteroatoms. The maximum atomic E-state index is 13.1. The quantitative estimate of drug-likeness (QED) is 0.574. The molecule has 3 rings (SSSR count). The number of aromatic nitrogens is 3. The van der Waals surface area contributed by atoms with Crippen LogP contribution in [0, 0.1) is 5.82 Å². The van der Waals surface area contributed by atoms with Gasteiger partial charge in [0.15, 0.2) is 0 Å². The van der Waals surface area contributed by atoms with Crippen LogP contribution in [-0.2, 0) is 14.3 Å². The standard InChI is InChI=1S/C14H11ClFN3O3S/c1-23(20,21)22-14(8-2-4-10(16)5-3-8)13-12-9(7-17-19-12)6-11(15)18-13/h2-7,14H,1H3,(H,17,19). The van der Waals surface area contributed by atoms with Gasteiger partial charge in [0, 0.05) is 5.39 Å². The number of rotatable bonds is 4. The summed E-state index contributed by atoms with van der Waals surface area (Å²) in [5.41, 5.74) is 1.16. The first-order valence-corrected chi connectivity index (χ1v) is 8.66. The van der Waals surface area contributed by atoms with Crippen molar-refractivity contribution >= 4 is 32.6 Å². The molecule has 23 heavy (non-hydrogen) atoms. The van der Waals surface area contributed by atoms with Crippen molar-refractivity contribution in [3.63, 3.8) is 0 Å². The lowest BCUT2D eigenvalue weighted by molar-refractivity contribution is 0.253. The van der Waals surface area contributed by atoms with Crippen molar-refractivity contribution in [3.8, 4) is 0 Å². The van der Waals surface area contributed by atoms with Crippen LogP contribution in [0.25, 0.3) is 10.9 Å².